The topological polar surface area (TPSA) is 46.6 Å². The second kappa shape index (κ2) is 5.87. The van der Waals surface area contributed by atoms with Crippen molar-refractivity contribution in [2.45, 2.75) is 39.2 Å². The maximum Gasteiger partial charge on any atom is 0.307 e. The van der Waals surface area contributed by atoms with E-state index >= 15 is 0 Å². The summed E-state index contributed by atoms with van der Waals surface area (Å²) in [6.07, 6.45) is 1.65. The van der Waals surface area contributed by atoms with Crippen LogP contribution in [0.25, 0.3) is 0 Å². The summed E-state index contributed by atoms with van der Waals surface area (Å²) in [4.78, 5) is 24.5. The number of carbonyl (C=O) groups is 2. The van der Waals surface area contributed by atoms with E-state index in [1.165, 1.54) is 5.56 Å². The summed E-state index contributed by atoms with van der Waals surface area (Å²) in [5, 5.41) is 0. The standard InChI is InChI=1S/C15H19NO3/c1-3-4-15(18)19-10-16-13(9-14(16)17)12-7-5-11(2)6-8-12/h5-8,13H,3-4,9-10H2,1-2H3/t13-/m1/s1. The third-order valence-electron chi connectivity index (χ3n) is 3.35. The van der Waals surface area contributed by atoms with Crippen LogP contribution in [-0.2, 0) is 14.3 Å². The number of rotatable bonds is 5. The van der Waals surface area contributed by atoms with Gasteiger partial charge >= 0.3 is 5.97 Å². The number of carbonyl (C=O) groups excluding carboxylic acids is 2. The van der Waals surface area contributed by atoms with E-state index < -0.39 is 0 Å². The molecule has 0 radical (unpaired) electrons. The normalized spacial score (nSPS) is 18.1. The Morgan fingerprint density at radius 1 is 1.37 bits per heavy atom. The number of hydrogen-bond donors (Lipinski definition) is 0. The lowest BCUT2D eigenvalue weighted by Crippen LogP contribution is -2.47. The molecule has 2 rings (SSSR count). The van der Waals surface area contributed by atoms with Gasteiger partial charge in [0, 0.05) is 6.42 Å². The summed E-state index contributed by atoms with van der Waals surface area (Å²) < 4.78 is 5.10. The van der Waals surface area contributed by atoms with Crippen molar-refractivity contribution < 1.29 is 14.3 Å². The van der Waals surface area contributed by atoms with E-state index in [4.69, 9.17) is 4.74 Å². The summed E-state index contributed by atoms with van der Waals surface area (Å²) >= 11 is 0. The highest BCUT2D eigenvalue weighted by Gasteiger charge is 2.37. The molecule has 0 saturated carbocycles. The third-order valence-corrected chi connectivity index (χ3v) is 3.35. The van der Waals surface area contributed by atoms with Gasteiger partial charge in [0.2, 0.25) is 5.91 Å². The SMILES string of the molecule is CCCC(=O)OCN1C(=O)C[C@@H]1c1ccc(C)cc1. The molecule has 1 atom stereocenters. The highest BCUT2D eigenvalue weighted by molar-refractivity contribution is 5.83. The molecule has 1 aliphatic heterocycles. The Morgan fingerprint density at radius 3 is 2.63 bits per heavy atom. The van der Waals surface area contributed by atoms with Crippen LogP contribution in [-0.4, -0.2) is 23.5 Å². The number of aryl methyl sites for hydroxylation is 1. The van der Waals surface area contributed by atoms with Crippen LogP contribution in [0.5, 0.6) is 0 Å². The molecule has 1 saturated heterocycles. The first-order valence-electron chi connectivity index (χ1n) is 6.63. The summed E-state index contributed by atoms with van der Waals surface area (Å²) in [6.45, 7) is 4.02. The first-order chi connectivity index (χ1) is 9.11. The molecule has 0 unspecified atom stereocenters. The Balaban J connectivity index is 1.94. The molecule has 4 heteroatoms. The predicted molar refractivity (Wildman–Crippen MR) is 71.3 cm³/mol. The monoisotopic (exact) mass is 261 g/mol. The summed E-state index contributed by atoms with van der Waals surface area (Å²) in [7, 11) is 0. The van der Waals surface area contributed by atoms with Crippen LogP contribution < -0.4 is 0 Å². The average molecular weight is 261 g/mol. The van der Waals surface area contributed by atoms with E-state index in [9.17, 15) is 9.59 Å². The smallest absolute Gasteiger partial charge is 0.307 e. The molecular weight excluding hydrogens is 242 g/mol. The average Bonchev–Trinajstić information content (AvgIpc) is 2.37. The van der Waals surface area contributed by atoms with Crippen LogP contribution >= 0.6 is 0 Å². The number of benzene rings is 1. The fourth-order valence-corrected chi connectivity index (χ4v) is 2.12. The lowest BCUT2D eigenvalue weighted by Gasteiger charge is -2.40. The van der Waals surface area contributed by atoms with Crippen molar-refractivity contribution in [3.05, 3.63) is 35.4 Å². The van der Waals surface area contributed by atoms with E-state index in [0.29, 0.717) is 12.8 Å². The second-order valence-electron chi connectivity index (χ2n) is 4.89. The number of nitrogens with zero attached hydrogens (tertiary/aromatic N) is 1. The van der Waals surface area contributed by atoms with Gasteiger partial charge in [-0.1, -0.05) is 36.8 Å². The first kappa shape index (κ1) is 13.6. The third kappa shape index (κ3) is 3.13. The van der Waals surface area contributed by atoms with Gasteiger partial charge in [0.05, 0.1) is 12.5 Å². The Bertz CT molecular complexity index is 467. The van der Waals surface area contributed by atoms with E-state index in [2.05, 4.69) is 0 Å². The molecule has 1 aliphatic rings. The largest absolute Gasteiger partial charge is 0.444 e. The van der Waals surface area contributed by atoms with E-state index in [0.717, 1.165) is 12.0 Å². The van der Waals surface area contributed by atoms with Crippen molar-refractivity contribution in [2.75, 3.05) is 6.73 Å². The van der Waals surface area contributed by atoms with Crippen molar-refractivity contribution in [2.24, 2.45) is 0 Å². The molecule has 1 fully saturated rings. The summed E-state index contributed by atoms with van der Waals surface area (Å²) in [5.74, 6) is -0.209. The maximum absolute atomic E-state index is 11.6. The molecule has 1 aromatic rings. The van der Waals surface area contributed by atoms with Crippen LogP contribution in [0.3, 0.4) is 0 Å². The molecule has 0 spiro atoms. The molecule has 1 heterocycles. The van der Waals surface area contributed by atoms with Gasteiger partial charge in [0.25, 0.3) is 0 Å². The van der Waals surface area contributed by atoms with E-state index in [1.54, 1.807) is 4.90 Å². The molecule has 1 amide bonds. The number of esters is 1. The zero-order chi connectivity index (χ0) is 13.8. The van der Waals surface area contributed by atoms with E-state index in [-0.39, 0.29) is 24.6 Å². The molecular formula is C15H19NO3. The Morgan fingerprint density at radius 2 is 2.05 bits per heavy atom. The fourth-order valence-electron chi connectivity index (χ4n) is 2.12. The van der Waals surface area contributed by atoms with Gasteiger partial charge in [-0.2, -0.15) is 0 Å². The van der Waals surface area contributed by atoms with Crippen molar-refractivity contribution >= 4 is 11.9 Å². The minimum atomic E-state index is -0.246. The first-order valence-corrected chi connectivity index (χ1v) is 6.63. The number of ether oxygens (including phenoxy) is 1. The number of hydrogen-bond acceptors (Lipinski definition) is 3. The number of β-lactam (4-membered cyclic amide) rings is 1. The molecule has 1 aromatic carbocycles. The lowest BCUT2D eigenvalue weighted by atomic mass is 9.94. The fraction of sp³-hybridized carbons (Fsp3) is 0.467. The lowest BCUT2D eigenvalue weighted by molar-refractivity contribution is -0.164. The van der Waals surface area contributed by atoms with Gasteiger partial charge < -0.3 is 9.64 Å². The minimum Gasteiger partial charge on any atom is -0.444 e. The van der Waals surface area contributed by atoms with Gasteiger partial charge in [-0.15, -0.1) is 0 Å². The Kier molecular flexibility index (Phi) is 4.20. The van der Waals surface area contributed by atoms with Gasteiger partial charge in [0.1, 0.15) is 0 Å². The molecule has 102 valence electrons. The Hall–Kier alpha value is -1.84. The van der Waals surface area contributed by atoms with Crippen LogP contribution in [0.4, 0.5) is 0 Å². The zero-order valence-electron chi connectivity index (χ0n) is 11.4. The maximum atomic E-state index is 11.6. The molecule has 0 aromatic heterocycles. The van der Waals surface area contributed by atoms with Gasteiger partial charge in [-0.3, -0.25) is 9.59 Å². The molecule has 19 heavy (non-hydrogen) atoms. The molecule has 0 aliphatic carbocycles. The summed E-state index contributed by atoms with van der Waals surface area (Å²) in [5.41, 5.74) is 2.28. The number of likely N-dealkylation sites (tertiary alicyclic amines) is 1. The van der Waals surface area contributed by atoms with Crippen LogP contribution in [0.2, 0.25) is 0 Å². The van der Waals surface area contributed by atoms with Gasteiger partial charge in [-0.05, 0) is 18.9 Å². The van der Waals surface area contributed by atoms with Crippen LogP contribution in [0.1, 0.15) is 43.4 Å². The molecule has 0 bridgehead atoms. The van der Waals surface area contributed by atoms with Gasteiger partial charge in [0.15, 0.2) is 6.73 Å². The second-order valence-corrected chi connectivity index (χ2v) is 4.89. The minimum absolute atomic E-state index is 0.0369. The van der Waals surface area contributed by atoms with Crippen molar-refractivity contribution in [3.8, 4) is 0 Å². The Labute approximate surface area is 113 Å². The summed E-state index contributed by atoms with van der Waals surface area (Å²) in [6, 6.07) is 8.14. The molecule has 4 nitrogen and oxygen atoms in total. The van der Waals surface area contributed by atoms with Crippen molar-refractivity contribution in [3.63, 3.8) is 0 Å². The highest BCUT2D eigenvalue weighted by Crippen LogP contribution is 2.34. The number of amides is 1. The van der Waals surface area contributed by atoms with E-state index in [1.807, 2.05) is 38.1 Å². The van der Waals surface area contributed by atoms with Crippen molar-refractivity contribution in [1.82, 2.24) is 4.90 Å². The zero-order valence-corrected chi connectivity index (χ0v) is 11.4. The van der Waals surface area contributed by atoms with Crippen LogP contribution in [0.15, 0.2) is 24.3 Å². The van der Waals surface area contributed by atoms with Crippen molar-refractivity contribution in [1.29, 1.82) is 0 Å². The predicted octanol–water partition coefficient (Wildman–Crippen LogP) is 2.57. The quantitative estimate of drug-likeness (QED) is 0.604. The highest BCUT2D eigenvalue weighted by atomic mass is 16.5. The van der Waals surface area contributed by atoms with Gasteiger partial charge in [-0.25, -0.2) is 0 Å². The molecule has 0 N–H and O–H groups in total. The van der Waals surface area contributed by atoms with Crippen LogP contribution in [0, 0.1) is 6.92 Å².